The van der Waals surface area contributed by atoms with Crippen LogP contribution in [0.1, 0.15) is 5.56 Å². The maximum atomic E-state index is 13.8. The third-order valence-electron chi connectivity index (χ3n) is 2.28. The molecule has 94 valence electrons. The molecule has 0 fully saturated rings. The van der Waals surface area contributed by atoms with Gasteiger partial charge in [0.15, 0.2) is 0 Å². The Balaban J connectivity index is 2.28. The van der Waals surface area contributed by atoms with Crippen molar-refractivity contribution < 1.29 is 8.78 Å². The molecule has 0 bridgehead atoms. The van der Waals surface area contributed by atoms with Gasteiger partial charge in [-0.3, -0.25) is 0 Å². The standard InChI is InChI=1S/C13H12F2N2S/c1-16-8-9-6-10(14)13(11(15)7-9)18-12-4-2-3-5-17-12/h2-7,16H,8H2,1H3. The summed E-state index contributed by atoms with van der Waals surface area (Å²) in [6, 6.07) is 7.92. The monoisotopic (exact) mass is 266 g/mol. The fraction of sp³-hybridized carbons (Fsp3) is 0.154. The van der Waals surface area contributed by atoms with E-state index in [0.717, 1.165) is 11.8 Å². The molecule has 18 heavy (non-hydrogen) atoms. The van der Waals surface area contributed by atoms with Crippen LogP contribution in [0, 0.1) is 11.6 Å². The first kappa shape index (κ1) is 13.0. The van der Waals surface area contributed by atoms with Crippen molar-refractivity contribution >= 4 is 11.8 Å². The molecule has 0 atom stereocenters. The van der Waals surface area contributed by atoms with Gasteiger partial charge in [0.2, 0.25) is 0 Å². The van der Waals surface area contributed by atoms with Gasteiger partial charge in [-0.25, -0.2) is 13.8 Å². The third-order valence-corrected chi connectivity index (χ3v) is 3.33. The highest BCUT2D eigenvalue weighted by Crippen LogP contribution is 2.31. The quantitative estimate of drug-likeness (QED) is 0.919. The predicted molar refractivity (Wildman–Crippen MR) is 67.5 cm³/mol. The van der Waals surface area contributed by atoms with Crippen LogP contribution in [0.3, 0.4) is 0 Å². The fourth-order valence-electron chi connectivity index (χ4n) is 1.53. The van der Waals surface area contributed by atoms with Crippen molar-refractivity contribution in [1.29, 1.82) is 0 Å². The number of aromatic nitrogens is 1. The molecule has 0 aliphatic rings. The van der Waals surface area contributed by atoms with Crippen LogP contribution in [0.25, 0.3) is 0 Å². The van der Waals surface area contributed by atoms with E-state index in [1.807, 2.05) is 0 Å². The number of hydrogen-bond donors (Lipinski definition) is 1. The lowest BCUT2D eigenvalue weighted by molar-refractivity contribution is 0.535. The second-order valence-electron chi connectivity index (χ2n) is 3.69. The van der Waals surface area contributed by atoms with Crippen molar-refractivity contribution in [3.8, 4) is 0 Å². The summed E-state index contributed by atoms with van der Waals surface area (Å²) in [6.07, 6.45) is 1.59. The Bertz CT molecular complexity index is 509. The molecule has 2 aromatic rings. The van der Waals surface area contributed by atoms with E-state index in [0.29, 0.717) is 17.1 Å². The van der Waals surface area contributed by atoms with Gasteiger partial charge in [0.05, 0.1) is 4.90 Å². The van der Waals surface area contributed by atoms with Gasteiger partial charge in [-0.05, 0) is 36.9 Å². The molecule has 2 rings (SSSR count). The minimum atomic E-state index is -0.559. The van der Waals surface area contributed by atoms with E-state index in [-0.39, 0.29) is 4.90 Å². The number of hydrogen-bond acceptors (Lipinski definition) is 3. The molecule has 0 saturated carbocycles. The fourth-order valence-corrected chi connectivity index (χ4v) is 2.31. The zero-order valence-corrected chi connectivity index (χ0v) is 10.6. The highest BCUT2D eigenvalue weighted by molar-refractivity contribution is 7.99. The normalized spacial score (nSPS) is 10.6. The van der Waals surface area contributed by atoms with Gasteiger partial charge in [-0.1, -0.05) is 17.8 Å². The summed E-state index contributed by atoms with van der Waals surface area (Å²) in [5.41, 5.74) is 0.581. The lowest BCUT2D eigenvalue weighted by Crippen LogP contribution is -2.06. The molecular weight excluding hydrogens is 254 g/mol. The smallest absolute Gasteiger partial charge is 0.140 e. The molecule has 0 aliphatic carbocycles. The van der Waals surface area contributed by atoms with Gasteiger partial charge >= 0.3 is 0 Å². The molecule has 5 heteroatoms. The van der Waals surface area contributed by atoms with Gasteiger partial charge in [-0.2, -0.15) is 0 Å². The molecule has 0 unspecified atom stereocenters. The number of nitrogens with one attached hydrogen (secondary N) is 1. The molecule has 0 aliphatic heterocycles. The van der Waals surface area contributed by atoms with Crippen molar-refractivity contribution in [3.05, 3.63) is 53.7 Å². The number of pyridine rings is 1. The number of benzene rings is 1. The van der Waals surface area contributed by atoms with Crippen LogP contribution in [0.15, 0.2) is 46.5 Å². The predicted octanol–water partition coefficient (Wildman–Crippen LogP) is 3.23. The van der Waals surface area contributed by atoms with Gasteiger partial charge in [0.25, 0.3) is 0 Å². The lowest BCUT2D eigenvalue weighted by atomic mass is 10.2. The summed E-state index contributed by atoms with van der Waals surface area (Å²) < 4.78 is 27.6. The molecule has 1 N–H and O–H groups in total. The van der Waals surface area contributed by atoms with E-state index in [9.17, 15) is 8.78 Å². The van der Waals surface area contributed by atoms with Crippen LogP contribution in [0.2, 0.25) is 0 Å². The molecule has 1 heterocycles. The maximum Gasteiger partial charge on any atom is 0.140 e. The van der Waals surface area contributed by atoms with Crippen LogP contribution >= 0.6 is 11.8 Å². The van der Waals surface area contributed by atoms with Gasteiger partial charge < -0.3 is 5.32 Å². The SMILES string of the molecule is CNCc1cc(F)c(Sc2ccccn2)c(F)c1. The Morgan fingerprint density at radius 2 is 1.94 bits per heavy atom. The first-order valence-corrected chi connectivity index (χ1v) is 6.23. The molecule has 0 amide bonds. The van der Waals surface area contributed by atoms with E-state index >= 15 is 0 Å². The van der Waals surface area contributed by atoms with Crippen molar-refractivity contribution in [2.45, 2.75) is 16.5 Å². The van der Waals surface area contributed by atoms with Crippen LogP contribution < -0.4 is 5.32 Å². The molecule has 1 aromatic carbocycles. The highest BCUT2D eigenvalue weighted by Gasteiger charge is 2.13. The van der Waals surface area contributed by atoms with E-state index in [2.05, 4.69) is 10.3 Å². The van der Waals surface area contributed by atoms with Crippen molar-refractivity contribution in [2.24, 2.45) is 0 Å². The van der Waals surface area contributed by atoms with Crippen LogP contribution in [-0.4, -0.2) is 12.0 Å². The summed E-state index contributed by atoms with van der Waals surface area (Å²) in [4.78, 5) is 4.01. The Morgan fingerprint density at radius 1 is 1.22 bits per heavy atom. The summed E-state index contributed by atoms with van der Waals surface area (Å²) in [7, 11) is 1.73. The van der Waals surface area contributed by atoms with Crippen molar-refractivity contribution in [3.63, 3.8) is 0 Å². The highest BCUT2D eigenvalue weighted by atomic mass is 32.2. The van der Waals surface area contributed by atoms with Gasteiger partial charge in [-0.15, -0.1) is 0 Å². The van der Waals surface area contributed by atoms with Crippen LogP contribution in [0.4, 0.5) is 8.78 Å². The van der Waals surface area contributed by atoms with Gasteiger partial charge in [0.1, 0.15) is 16.7 Å². The number of rotatable bonds is 4. The van der Waals surface area contributed by atoms with Crippen LogP contribution in [-0.2, 0) is 6.54 Å². The summed E-state index contributed by atoms with van der Waals surface area (Å²) >= 11 is 0.986. The van der Waals surface area contributed by atoms with Gasteiger partial charge in [0, 0.05) is 12.7 Å². The van der Waals surface area contributed by atoms with E-state index in [1.54, 1.807) is 31.4 Å². The molecule has 1 aromatic heterocycles. The zero-order chi connectivity index (χ0) is 13.0. The summed E-state index contributed by atoms with van der Waals surface area (Å²) in [6.45, 7) is 0.433. The summed E-state index contributed by atoms with van der Waals surface area (Å²) in [5.74, 6) is -1.12. The molecule has 2 nitrogen and oxygen atoms in total. The van der Waals surface area contributed by atoms with E-state index < -0.39 is 11.6 Å². The largest absolute Gasteiger partial charge is 0.316 e. The second-order valence-corrected chi connectivity index (χ2v) is 4.72. The molecular formula is C13H12F2N2S. The number of nitrogens with zero attached hydrogens (tertiary/aromatic N) is 1. The second kappa shape index (κ2) is 5.93. The van der Waals surface area contributed by atoms with Crippen molar-refractivity contribution in [1.82, 2.24) is 10.3 Å². The molecule has 0 saturated heterocycles. The Labute approximate surface area is 108 Å². The molecule has 0 spiro atoms. The lowest BCUT2D eigenvalue weighted by Gasteiger charge is -2.07. The molecule has 0 radical (unpaired) electrons. The Hall–Kier alpha value is -1.46. The first-order valence-electron chi connectivity index (χ1n) is 5.42. The van der Waals surface area contributed by atoms with E-state index in [4.69, 9.17) is 0 Å². The zero-order valence-electron chi connectivity index (χ0n) is 9.78. The van der Waals surface area contributed by atoms with Crippen LogP contribution in [0.5, 0.6) is 0 Å². The topological polar surface area (TPSA) is 24.9 Å². The maximum absolute atomic E-state index is 13.8. The minimum Gasteiger partial charge on any atom is -0.316 e. The Morgan fingerprint density at radius 3 is 2.50 bits per heavy atom. The minimum absolute atomic E-state index is 0.0199. The number of halogens is 2. The average Bonchev–Trinajstić information content (AvgIpc) is 2.36. The summed E-state index contributed by atoms with van der Waals surface area (Å²) in [5, 5.41) is 3.42. The first-order chi connectivity index (χ1) is 8.70. The Kier molecular flexibility index (Phi) is 4.28. The van der Waals surface area contributed by atoms with Crippen molar-refractivity contribution in [2.75, 3.05) is 7.05 Å². The van der Waals surface area contributed by atoms with E-state index in [1.165, 1.54) is 12.1 Å². The average molecular weight is 266 g/mol. The third kappa shape index (κ3) is 3.05.